The summed E-state index contributed by atoms with van der Waals surface area (Å²) in [5.74, 6) is 0.475. The summed E-state index contributed by atoms with van der Waals surface area (Å²) in [7, 11) is 0. The van der Waals surface area contributed by atoms with E-state index in [1.54, 1.807) is 10.6 Å². The van der Waals surface area contributed by atoms with E-state index in [4.69, 9.17) is 5.73 Å². The number of aromatic nitrogens is 3. The van der Waals surface area contributed by atoms with E-state index >= 15 is 0 Å². The molecule has 0 radical (unpaired) electrons. The minimum atomic E-state index is 0.475. The fourth-order valence-corrected chi connectivity index (χ4v) is 1.06. The van der Waals surface area contributed by atoms with Gasteiger partial charge in [-0.15, -0.1) is 0 Å². The second-order valence-corrected chi connectivity index (χ2v) is 2.41. The first-order chi connectivity index (χ1) is 5.27. The first-order valence-corrected chi connectivity index (χ1v) is 3.33. The van der Waals surface area contributed by atoms with Gasteiger partial charge in [0.2, 0.25) is 5.95 Å². The van der Waals surface area contributed by atoms with Gasteiger partial charge in [0.05, 0.1) is 5.69 Å². The summed E-state index contributed by atoms with van der Waals surface area (Å²) in [4.78, 5) is 8.14. The number of fused-ring (bicyclic) bond motifs is 1. The molecule has 2 N–H and O–H groups in total. The lowest BCUT2D eigenvalue weighted by Gasteiger charge is -1.94. The van der Waals surface area contributed by atoms with Crippen molar-refractivity contribution in [3.05, 3.63) is 24.2 Å². The molecule has 0 aromatic carbocycles. The molecule has 0 aliphatic rings. The zero-order valence-corrected chi connectivity index (χ0v) is 6.15. The second kappa shape index (κ2) is 1.95. The summed E-state index contributed by atoms with van der Waals surface area (Å²) in [6.07, 6.45) is 3.51. The Morgan fingerprint density at radius 3 is 3.09 bits per heavy atom. The van der Waals surface area contributed by atoms with Crippen LogP contribution in [0.1, 0.15) is 5.69 Å². The maximum atomic E-state index is 5.58. The molecule has 2 rings (SSSR count). The highest BCUT2D eigenvalue weighted by molar-refractivity contribution is 5.44. The van der Waals surface area contributed by atoms with Gasteiger partial charge in [0.25, 0.3) is 0 Å². The second-order valence-electron chi connectivity index (χ2n) is 2.41. The zero-order chi connectivity index (χ0) is 7.84. The third kappa shape index (κ3) is 0.832. The maximum absolute atomic E-state index is 5.58. The highest BCUT2D eigenvalue weighted by Crippen LogP contribution is 2.06. The van der Waals surface area contributed by atoms with Crippen molar-refractivity contribution < 1.29 is 0 Å². The molecule has 0 spiro atoms. The summed E-state index contributed by atoms with van der Waals surface area (Å²) in [6, 6.07) is 1.82. The van der Waals surface area contributed by atoms with Gasteiger partial charge in [-0.2, -0.15) is 0 Å². The number of hydrogen-bond acceptors (Lipinski definition) is 3. The maximum Gasteiger partial charge on any atom is 0.205 e. The molecule has 0 atom stereocenters. The van der Waals surface area contributed by atoms with E-state index in [1.807, 2.05) is 19.2 Å². The number of imidazole rings is 1. The monoisotopic (exact) mass is 148 g/mol. The van der Waals surface area contributed by atoms with Crippen LogP contribution < -0.4 is 5.73 Å². The molecule has 0 bridgehead atoms. The molecule has 0 saturated carbocycles. The van der Waals surface area contributed by atoms with Gasteiger partial charge in [0, 0.05) is 12.4 Å². The molecule has 56 valence electrons. The third-order valence-electron chi connectivity index (χ3n) is 1.53. The van der Waals surface area contributed by atoms with Gasteiger partial charge in [-0.05, 0) is 13.0 Å². The van der Waals surface area contributed by atoms with Crippen molar-refractivity contribution in [3.63, 3.8) is 0 Å². The van der Waals surface area contributed by atoms with E-state index in [9.17, 15) is 0 Å². The van der Waals surface area contributed by atoms with Crippen molar-refractivity contribution in [2.45, 2.75) is 6.92 Å². The van der Waals surface area contributed by atoms with Crippen molar-refractivity contribution in [1.29, 1.82) is 0 Å². The Labute approximate surface area is 63.7 Å². The number of rotatable bonds is 0. The minimum Gasteiger partial charge on any atom is -0.369 e. The standard InChI is InChI=1S/C7H8N4/c1-5-4-11-6(10-5)2-3-9-7(11)8/h2-4H,1H3,(H2,8,9). The quantitative estimate of drug-likeness (QED) is 0.595. The van der Waals surface area contributed by atoms with Crippen LogP contribution in [0.15, 0.2) is 18.5 Å². The van der Waals surface area contributed by atoms with Crippen LogP contribution in [0.3, 0.4) is 0 Å². The Morgan fingerprint density at radius 2 is 2.36 bits per heavy atom. The molecule has 0 aliphatic carbocycles. The van der Waals surface area contributed by atoms with E-state index in [-0.39, 0.29) is 0 Å². The fraction of sp³-hybridized carbons (Fsp3) is 0.143. The Morgan fingerprint density at radius 1 is 1.55 bits per heavy atom. The van der Waals surface area contributed by atoms with Crippen molar-refractivity contribution in [1.82, 2.24) is 14.4 Å². The molecular weight excluding hydrogens is 140 g/mol. The Balaban J connectivity index is 2.90. The zero-order valence-electron chi connectivity index (χ0n) is 6.15. The number of nitrogen functional groups attached to an aromatic ring is 1. The normalized spacial score (nSPS) is 10.6. The molecule has 0 fully saturated rings. The number of aryl methyl sites for hydroxylation is 1. The van der Waals surface area contributed by atoms with E-state index in [1.165, 1.54) is 0 Å². The van der Waals surface area contributed by atoms with E-state index in [0.29, 0.717) is 5.95 Å². The molecule has 0 amide bonds. The van der Waals surface area contributed by atoms with Crippen LogP contribution >= 0.6 is 0 Å². The fourth-order valence-electron chi connectivity index (χ4n) is 1.06. The van der Waals surface area contributed by atoms with Gasteiger partial charge < -0.3 is 5.73 Å². The van der Waals surface area contributed by atoms with Gasteiger partial charge in [-0.25, -0.2) is 9.97 Å². The SMILES string of the molecule is Cc1cn2c(N)nccc2n1. The molecule has 2 aromatic heterocycles. The van der Waals surface area contributed by atoms with Gasteiger partial charge in [-0.1, -0.05) is 0 Å². The number of nitrogens with two attached hydrogens (primary N) is 1. The Kier molecular flexibility index (Phi) is 1.09. The first kappa shape index (κ1) is 6.15. The smallest absolute Gasteiger partial charge is 0.205 e. The summed E-state index contributed by atoms with van der Waals surface area (Å²) >= 11 is 0. The van der Waals surface area contributed by atoms with Crippen LogP contribution in [-0.2, 0) is 0 Å². The van der Waals surface area contributed by atoms with E-state index in [2.05, 4.69) is 9.97 Å². The molecule has 4 heteroatoms. The molecule has 0 unspecified atom stereocenters. The average Bonchev–Trinajstić information content (AvgIpc) is 2.31. The van der Waals surface area contributed by atoms with Crippen LogP contribution in [0, 0.1) is 6.92 Å². The molecule has 0 aliphatic heterocycles. The lowest BCUT2D eigenvalue weighted by Crippen LogP contribution is -1.97. The molecule has 0 saturated heterocycles. The lowest BCUT2D eigenvalue weighted by atomic mass is 10.6. The van der Waals surface area contributed by atoms with Gasteiger partial charge >= 0.3 is 0 Å². The van der Waals surface area contributed by atoms with E-state index in [0.717, 1.165) is 11.3 Å². The third-order valence-corrected chi connectivity index (χ3v) is 1.53. The Hall–Kier alpha value is -1.58. The summed E-state index contributed by atoms with van der Waals surface area (Å²) in [5, 5.41) is 0. The molecule has 11 heavy (non-hydrogen) atoms. The largest absolute Gasteiger partial charge is 0.369 e. The minimum absolute atomic E-state index is 0.475. The number of anilines is 1. The highest BCUT2D eigenvalue weighted by Gasteiger charge is 1.98. The predicted octanol–water partition coefficient (Wildman–Crippen LogP) is 0.620. The molecule has 2 aromatic rings. The van der Waals surface area contributed by atoms with Crippen molar-refractivity contribution in [3.8, 4) is 0 Å². The number of hydrogen-bond donors (Lipinski definition) is 1. The van der Waals surface area contributed by atoms with Gasteiger partial charge in [-0.3, -0.25) is 4.40 Å². The van der Waals surface area contributed by atoms with E-state index < -0.39 is 0 Å². The van der Waals surface area contributed by atoms with Crippen LogP contribution in [-0.4, -0.2) is 14.4 Å². The molecule has 4 nitrogen and oxygen atoms in total. The van der Waals surface area contributed by atoms with Gasteiger partial charge in [0.1, 0.15) is 5.65 Å². The average molecular weight is 148 g/mol. The van der Waals surface area contributed by atoms with Crippen molar-refractivity contribution in [2.24, 2.45) is 0 Å². The summed E-state index contributed by atoms with van der Waals surface area (Å²) in [5.41, 5.74) is 7.37. The highest BCUT2D eigenvalue weighted by atomic mass is 15.1. The molecule has 2 heterocycles. The van der Waals surface area contributed by atoms with Gasteiger partial charge in [0.15, 0.2) is 0 Å². The predicted molar refractivity (Wildman–Crippen MR) is 42.1 cm³/mol. The summed E-state index contributed by atoms with van der Waals surface area (Å²) in [6.45, 7) is 1.92. The Bertz CT molecular complexity index is 390. The van der Waals surface area contributed by atoms with Crippen molar-refractivity contribution in [2.75, 3.05) is 5.73 Å². The van der Waals surface area contributed by atoms with Crippen LogP contribution in [0.4, 0.5) is 5.95 Å². The first-order valence-electron chi connectivity index (χ1n) is 3.33. The summed E-state index contributed by atoms with van der Waals surface area (Å²) < 4.78 is 1.76. The van der Waals surface area contributed by atoms with Crippen molar-refractivity contribution >= 4 is 11.6 Å². The topological polar surface area (TPSA) is 56.2 Å². The molecular formula is C7H8N4. The van der Waals surface area contributed by atoms with Crippen LogP contribution in [0.5, 0.6) is 0 Å². The lowest BCUT2D eigenvalue weighted by molar-refractivity contribution is 1.11. The van der Waals surface area contributed by atoms with Crippen LogP contribution in [0.2, 0.25) is 0 Å². The van der Waals surface area contributed by atoms with Crippen LogP contribution in [0.25, 0.3) is 5.65 Å². The number of nitrogens with zero attached hydrogens (tertiary/aromatic N) is 3.